The van der Waals surface area contributed by atoms with Gasteiger partial charge in [-0.25, -0.2) is 12.8 Å². The molecule has 1 heterocycles. The lowest BCUT2D eigenvalue weighted by atomic mass is 10.2. The summed E-state index contributed by atoms with van der Waals surface area (Å²) in [7, 11) is -3.84. The molecule has 0 aliphatic rings. The molecule has 2 rings (SSSR count). The highest BCUT2D eigenvalue weighted by Gasteiger charge is 2.15. The van der Waals surface area contributed by atoms with Crippen molar-refractivity contribution in [2.75, 3.05) is 10.6 Å². The number of halogens is 2. The van der Waals surface area contributed by atoms with Crippen LogP contribution < -0.4 is 4.72 Å². The monoisotopic (exact) mass is 314 g/mol. The Hall–Kier alpha value is -1.66. The van der Waals surface area contributed by atoms with Crippen molar-refractivity contribution in [2.45, 2.75) is 11.3 Å². The first kappa shape index (κ1) is 14.7. The van der Waals surface area contributed by atoms with Gasteiger partial charge < -0.3 is 0 Å². The summed E-state index contributed by atoms with van der Waals surface area (Å²) >= 11 is 5.62. The highest BCUT2D eigenvalue weighted by Crippen LogP contribution is 2.17. The summed E-state index contributed by atoms with van der Waals surface area (Å²) < 4.78 is 39.4. The molecule has 106 valence electrons. The van der Waals surface area contributed by atoms with Crippen LogP contribution in [0.4, 0.5) is 10.1 Å². The van der Waals surface area contributed by atoms with Gasteiger partial charge in [-0.2, -0.15) is 0 Å². The van der Waals surface area contributed by atoms with E-state index in [1.165, 1.54) is 0 Å². The molecule has 1 aromatic carbocycles. The van der Waals surface area contributed by atoms with Crippen LogP contribution in [0.3, 0.4) is 0 Å². The number of rotatable bonds is 5. The number of hydrogen-bond acceptors (Lipinski definition) is 3. The predicted octanol–water partition coefficient (Wildman–Crippen LogP) is 2.80. The van der Waals surface area contributed by atoms with Crippen molar-refractivity contribution < 1.29 is 12.8 Å². The third-order valence-electron chi connectivity index (χ3n) is 2.58. The number of aryl methyl sites for hydroxylation is 1. The lowest BCUT2D eigenvalue weighted by Gasteiger charge is -2.08. The Morgan fingerprint density at radius 2 is 1.90 bits per heavy atom. The molecule has 0 aliphatic carbocycles. The summed E-state index contributed by atoms with van der Waals surface area (Å²) in [6.45, 7) is 0. The number of benzene rings is 1. The Labute approximate surface area is 121 Å². The van der Waals surface area contributed by atoms with Crippen LogP contribution in [-0.2, 0) is 16.4 Å². The second-order valence-corrected chi connectivity index (χ2v) is 6.14. The topological polar surface area (TPSA) is 59.1 Å². The average Bonchev–Trinajstić information content (AvgIpc) is 2.41. The minimum Gasteiger partial charge on any atom is -0.280 e. The molecule has 0 unspecified atom stereocenters. The maximum absolute atomic E-state index is 13.0. The van der Waals surface area contributed by atoms with Crippen LogP contribution >= 0.6 is 11.6 Å². The summed E-state index contributed by atoms with van der Waals surface area (Å²) in [5.74, 6) is -0.203. The molecule has 0 saturated carbocycles. The van der Waals surface area contributed by atoms with Crippen LogP contribution in [0, 0.1) is 5.82 Å². The fraction of sp³-hybridized carbons (Fsp3) is 0.154. The van der Waals surface area contributed by atoms with Crippen LogP contribution in [-0.4, -0.2) is 19.3 Å². The van der Waals surface area contributed by atoms with Crippen molar-refractivity contribution in [1.82, 2.24) is 4.98 Å². The molecule has 2 aromatic rings. The van der Waals surface area contributed by atoms with Crippen LogP contribution in [0.5, 0.6) is 0 Å². The van der Waals surface area contributed by atoms with Crippen LogP contribution in [0.2, 0.25) is 0 Å². The summed E-state index contributed by atoms with van der Waals surface area (Å²) in [5.41, 5.74) is 1.41. The molecule has 1 aromatic heterocycles. The van der Waals surface area contributed by atoms with Gasteiger partial charge >= 0.3 is 0 Å². The van der Waals surface area contributed by atoms with Gasteiger partial charge in [0.2, 0.25) is 0 Å². The quantitative estimate of drug-likeness (QED) is 0.863. The lowest BCUT2D eigenvalue weighted by molar-refractivity contribution is 0.592. The van der Waals surface area contributed by atoms with Gasteiger partial charge in [-0.3, -0.25) is 9.71 Å². The molecule has 0 spiro atoms. The van der Waals surface area contributed by atoms with Crippen molar-refractivity contribution in [2.24, 2.45) is 0 Å². The second-order valence-electron chi connectivity index (χ2n) is 4.08. The lowest BCUT2D eigenvalue weighted by Crippen LogP contribution is -2.13. The molecule has 4 nitrogen and oxygen atoms in total. The van der Waals surface area contributed by atoms with E-state index in [0.29, 0.717) is 18.0 Å². The molecule has 0 aliphatic heterocycles. The largest absolute Gasteiger partial charge is 0.280 e. The molecular weight excluding hydrogens is 303 g/mol. The van der Waals surface area contributed by atoms with Crippen LogP contribution in [0.25, 0.3) is 0 Å². The molecule has 0 fully saturated rings. The van der Waals surface area contributed by atoms with E-state index >= 15 is 0 Å². The number of pyridine rings is 1. The maximum atomic E-state index is 13.0. The molecule has 7 heteroatoms. The first-order chi connectivity index (χ1) is 9.51. The number of sulfonamides is 1. The maximum Gasteiger partial charge on any atom is 0.263 e. The fourth-order valence-corrected chi connectivity index (χ4v) is 2.85. The number of aromatic nitrogens is 1. The second kappa shape index (κ2) is 6.19. The van der Waals surface area contributed by atoms with Gasteiger partial charge in [-0.1, -0.05) is 12.1 Å². The highest BCUT2D eigenvalue weighted by atomic mass is 35.5. The SMILES string of the molecule is O=S(=O)(Nc1ccc(CCCl)cc1)c1cncc(F)c1. The molecule has 0 amide bonds. The summed E-state index contributed by atoms with van der Waals surface area (Å²) in [5, 5.41) is 0. The summed E-state index contributed by atoms with van der Waals surface area (Å²) in [6, 6.07) is 7.74. The third-order valence-corrected chi connectivity index (χ3v) is 4.12. The number of alkyl halides is 1. The smallest absolute Gasteiger partial charge is 0.263 e. The van der Waals surface area contributed by atoms with E-state index in [1.807, 2.05) is 0 Å². The first-order valence-corrected chi connectivity index (χ1v) is 7.81. The average molecular weight is 315 g/mol. The molecule has 0 bridgehead atoms. The van der Waals surface area contributed by atoms with Gasteiger partial charge in [0.1, 0.15) is 10.7 Å². The van der Waals surface area contributed by atoms with Crippen molar-refractivity contribution in [3.05, 3.63) is 54.1 Å². The minimum absolute atomic E-state index is 0.220. The third kappa shape index (κ3) is 3.68. The number of anilines is 1. The zero-order chi connectivity index (χ0) is 14.6. The van der Waals surface area contributed by atoms with Gasteiger partial charge in [-0.05, 0) is 30.2 Å². The summed E-state index contributed by atoms with van der Waals surface area (Å²) in [6.07, 6.45) is 2.75. The molecule has 20 heavy (non-hydrogen) atoms. The Morgan fingerprint density at radius 3 is 2.50 bits per heavy atom. The minimum atomic E-state index is -3.84. The van der Waals surface area contributed by atoms with Crippen molar-refractivity contribution >= 4 is 27.3 Å². The number of nitrogens with zero attached hydrogens (tertiary/aromatic N) is 1. The molecule has 0 radical (unpaired) electrons. The van der Waals surface area contributed by atoms with E-state index in [9.17, 15) is 12.8 Å². The predicted molar refractivity (Wildman–Crippen MR) is 75.9 cm³/mol. The van der Waals surface area contributed by atoms with Crippen LogP contribution in [0.15, 0.2) is 47.6 Å². The van der Waals surface area contributed by atoms with E-state index < -0.39 is 15.8 Å². The highest BCUT2D eigenvalue weighted by molar-refractivity contribution is 7.92. The fourth-order valence-electron chi connectivity index (χ4n) is 1.60. The van der Waals surface area contributed by atoms with E-state index in [1.54, 1.807) is 24.3 Å². The standard InChI is InChI=1S/C13H12ClFN2O2S/c14-6-5-10-1-3-12(4-2-10)17-20(18,19)13-7-11(15)8-16-9-13/h1-4,7-9,17H,5-6H2. The Kier molecular flexibility index (Phi) is 4.57. The molecule has 0 saturated heterocycles. The Bertz CT molecular complexity index is 690. The van der Waals surface area contributed by atoms with Gasteiger partial charge in [0.05, 0.1) is 6.20 Å². The van der Waals surface area contributed by atoms with E-state index in [2.05, 4.69) is 9.71 Å². The van der Waals surface area contributed by atoms with Gasteiger partial charge in [0, 0.05) is 17.8 Å². The normalized spacial score (nSPS) is 11.3. The molecular formula is C13H12ClFN2O2S. The number of hydrogen-bond donors (Lipinski definition) is 1. The van der Waals surface area contributed by atoms with Gasteiger partial charge in [0.15, 0.2) is 0 Å². The Morgan fingerprint density at radius 1 is 1.20 bits per heavy atom. The number of nitrogens with one attached hydrogen (secondary N) is 1. The van der Waals surface area contributed by atoms with Crippen molar-refractivity contribution in [3.8, 4) is 0 Å². The first-order valence-electron chi connectivity index (χ1n) is 5.79. The van der Waals surface area contributed by atoms with Crippen molar-refractivity contribution in [1.29, 1.82) is 0 Å². The summed E-state index contributed by atoms with van der Waals surface area (Å²) in [4.78, 5) is 3.30. The van der Waals surface area contributed by atoms with E-state index in [4.69, 9.17) is 11.6 Å². The zero-order valence-electron chi connectivity index (χ0n) is 10.4. The van der Waals surface area contributed by atoms with Crippen molar-refractivity contribution in [3.63, 3.8) is 0 Å². The molecule has 0 atom stereocenters. The van der Waals surface area contributed by atoms with Gasteiger partial charge in [-0.15, -0.1) is 11.6 Å². The van der Waals surface area contributed by atoms with E-state index in [0.717, 1.165) is 24.0 Å². The zero-order valence-corrected chi connectivity index (χ0v) is 12.0. The Balaban J connectivity index is 2.20. The van der Waals surface area contributed by atoms with Gasteiger partial charge in [0.25, 0.3) is 10.0 Å². The van der Waals surface area contributed by atoms with E-state index in [-0.39, 0.29) is 4.90 Å². The molecule has 1 N–H and O–H groups in total. The van der Waals surface area contributed by atoms with Crippen LogP contribution in [0.1, 0.15) is 5.56 Å².